The van der Waals surface area contributed by atoms with Gasteiger partial charge in [0.05, 0.1) is 32.0 Å². The summed E-state index contributed by atoms with van der Waals surface area (Å²) < 4.78 is 18.0. The van der Waals surface area contributed by atoms with Crippen molar-refractivity contribution < 1.29 is 24.1 Å². The van der Waals surface area contributed by atoms with E-state index in [1.165, 1.54) is 23.7 Å². The molecule has 1 fully saturated rings. The van der Waals surface area contributed by atoms with E-state index in [-0.39, 0.29) is 30.1 Å². The molecule has 2 heterocycles. The Kier molecular flexibility index (Phi) is 7.98. The number of para-hydroxylation sites is 1. The van der Waals surface area contributed by atoms with E-state index in [1.54, 1.807) is 30.3 Å². The van der Waals surface area contributed by atoms with Gasteiger partial charge in [-0.05, 0) is 50.1 Å². The first-order valence-corrected chi connectivity index (χ1v) is 12.3. The smallest absolute Gasteiger partial charge is 0.289 e. The molecule has 0 saturated carbocycles. The number of likely N-dealkylation sites (tertiary alicyclic amines) is 1. The van der Waals surface area contributed by atoms with Crippen LogP contribution in [0, 0.1) is 11.3 Å². The number of amides is 1. The third-order valence-electron chi connectivity index (χ3n) is 6.51. The standard InChI is InChI=1S/C28H30N4O6/c1-17(2)38-16-23-30-26(33)24(28(35)32(23)25-21(36-3)6-5-7-22(25)37-4)27(34)31-13-12-20(15-31)19-10-8-18(14-29)9-11-19/h5-11,17,20,35H,12-13,15-16H2,1-4H3. The lowest BCUT2D eigenvalue weighted by molar-refractivity contribution is 0.0590. The van der Waals surface area contributed by atoms with Crippen molar-refractivity contribution in [1.82, 2.24) is 14.5 Å². The van der Waals surface area contributed by atoms with Gasteiger partial charge in [0.25, 0.3) is 11.5 Å². The molecule has 1 saturated heterocycles. The average Bonchev–Trinajstić information content (AvgIpc) is 3.42. The van der Waals surface area contributed by atoms with Gasteiger partial charge in [0.15, 0.2) is 5.56 Å². The summed E-state index contributed by atoms with van der Waals surface area (Å²) in [4.78, 5) is 32.4. The van der Waals surface area contributed by atoms with E-state index in [0.717, 1.165) is 5.56 Å². The van der Waals surface area contributed by atoms with Gasteiger partial charge in [0, 0.05) is 19.0 Å². The number of benzene rings is 2. The second-order valence-electron chi connectivity index (χ2n) is 9.21. The lowest BCUT2D eigenvalue weighted by atomic mass is 9.97. The van der Waals surface area contributed by atoms with Gasteiger partial charge < -0.3 is 24.2 Å². The first-order valence-electron chi connectivity index (χ1n) is 12.3. The molecule has 38 heavy (non-hydrogen) atoms. The van der Waals surface area contributed by atoms with E-state index in [0.29, 0.717) is 36.6 Å². The molecule has 0 radical (unpaired) electrons. The van der Waals surface area contributed by atoms with Gasteiger partial charge in [-0.1, -0.05) is 18.2 Å². The highest BCUT2D eigenvalue weighted by Crippen LogP contribution is 2.37. The normalized spacial score (nSPS) is 14.9. The van der Waals surface area contributed by atoms with Gasteiger partial charge in [-0.15, -0.1) is 0 Å². The zero-order chi connectivity index (χ0) is 27.4. The molecule has 1 amide bonds. The van der Waals surface area contributed by atoms with Crippen LogP contribution in [0.2, 0.25) is 0 Å². The number of ether oxygens (including phenoxy) is 3. The Bertz CT molecular complexity index is 1400. The molecule has 10 nitrogen and oxygen atoms in total. The first-order chi connectivity index (χ1) is 18.3. The van der Waals surface area contributed by atoms with Crippen molar-refractivity contribution >= 4 is 5.91 Å². The number of aromatic hydroxyl groups is 1. The number of nitriles is 1. The molecule has 0 aliphatic carbocycles. The maximum absolute atomic E-state index is 13.6. The second-order valence-corrected chi connectivity index (χ2v) is 9.21. The molecule has 1 atom stereocenters. The summed E-state index contributed by atoms with van der Waals surface area (Å²) in [6, 6.07) is 14.4. The van der Waals surface area contributed by atoms with Crippen molar-refractivity contribution in [2.75, 3.05) is 27.3 Å². The van der Waals surface area contributed by atoms with Gasteiger partial charge >= 0.3 is 0 Å². The number of hydrogen-bond acceptors (Lipinski definition) is 8. The summed E-state index contributed by atoms with van der Waals surface area (Å²) in [5.41, 5.74) is 0.563. The summed E-state index contributed by atoms with van der Waals surface area (Å²) in [5, 5.41) is 20.5. The van der Waals surface area contributed by atoms with Crippen molar-refractivity contribution in [2.24, 2.45) is 0 Å². The Hall–Kier alpha value is -4.36. The number of nitrogens with zero attached hydrogens (tertiary/aromatic N) is 4. The van der Waals surface area contributed by atoms with Crippen LogP contribution in [0.15, 0.2) is 47.3 Å². The number of hydrogen-bond donors (Lipinski definition) is 1. The maximum atomic E-state index is 13.6. The highest BCUT2D eigenvalue weighted by Gasteiger charge is 2.33. The minimum atomic E-state index is -0.846. The van der Waals surface area contributed by atoms with E-state index in [9.17, 15) is 14.7 Å². The van der Waals surface area contributed by atoms with E-state index in [4.69, 9.17) is 19.5 Å². The quantitative estimate of drug-likeness (QED) is 0.481. The molecule has 1 aliphatic heterocycles. The minimum absolute atomic E-state index is 0.0389. The predicted octanol–water partition coefficient (Wildman–Crippen LogP) is 3.38. The zero-order valence-corrected chi connectivity index (χ0v) is 21.8. The van der Waals surface area contributed by atoms with Crippen molar-refractivity contribution in [2.45, 2.75) is 38.9 Å². The van der Waals surface area contributed by atoms with E-state index in [2.05, 4.69) is 11.1 Å². The van der Waals surface area contributed by atoms with E-state index in [1.807, 2.05) is 26.0 Å². The summed E-state index contributed by atoms with van der Waals surface area (Å²) in [7, 11) is 2.93. The van der Waals surface area contributed by atoms with Crippen LogP contribution in [-0.2, 0) is 11.3 Å². The molecule has 1 aromatic heterocycles. The van der Waals surface area contributed by atoms with Gasteiger partial charge in [0.2, 0.25) is 5.88 Å². The summed E-state index contributed by atoms with van der Waals surface area (Å²) in [6.45, 7) is 4.34. The van der Waals surface area contributed by atoms with Crippen LogP contribution < -0.4 is 15.0 Å². The number of carbonyl (C=O) groups is 1. The molecule has 4 rings (SSSR count). The number of methoxy groups -OCH3 is 2. The number of aromatic nitrogens is 2. The molecule has 3 aromatic rings. The lowest BCUT2D eigenvalue weighted by Crippen LogP contribution is -2.35. The molecule has 0 spiro atoms. The van der Waals surface area contributed by atoms with Gasteiger partial charge in [-0.25, -0.2) is 0 Å². The number of carbonyl (C=O) groups excluding carboxylic acids is 1. The number of rotatable bonds is 8. The SMILES string of the molecule is COc1cccc(OC)c1-n1c(COC(C)C)nc(=O)c(C(=O)N2CCC(c3ccc(C#N)cc3)C2)c1O. The van der Waals surface area contributed by atoms with E-state index >= 15 is 0 Å². The first kappa shape index (κ1) is 26.7. The van der Waals surface area contributed by atoms with Crippen molar-refractivity contribution in [3.63, 3.8) is 0 Å². The molecule has 2 aromatic carbocycles. The molecule has 1 N–H and O–H groups in total. The van der Waals surface area contributed by atoms with E-state index < -0.39 is 22.9 Å². The molecular weight excluding hydrogens is 488 g/mol. The van der Waals surface area contributed by atoms with Crippen LogP contribution in [0.1, 0.15) is 53.5 Å². The summed E-state index contributed by atoms with van der Waals surface area (Å²) in [5.74, 6) is -0.362. The van der Waals surface area contributed by atoms with Crippen LogP contribution >= 0.6 is 0 Å². The molecule has 1 aliphatic rings. The van der Waals surface area contributed by atoms with Crippen LogP contribution in [-0.4, -0.2) is 58.9 Å². The Morgan fingerprint density at radius 1 is 1.16 bits per heavy atom. The van der Waals surface area contributed by atoms with Crippen LogP contribution in [0.25, 0.3) is 5.69 Å². The molecule has 1 unspecified atom stereocenters. The Labute approximate surface area is 220 Å². The van der Waals surface area contributed by atoms with Crippen molar-refractivity contribution in [1.29, 1.82) is 5.26 Å². The topological polar surface area (TPSA) is 127 Å². The van der Waals surface area contributed by atoms with Crippen LogP contribution in [0.3, 0.4) is 0 Å². The Balaban J connectivity index is 1.77. The van der Waals surface area contributed by atoms with Crippen molar-refractivity contribution in [3.05, 3.63) is 75.3 Å². The fourth-order valence-electron chi connectivity index (χ4n) is 4.57. The van der Waals surface area contributed by atoms with Crippen LogP contribution in [0.5, 0.6) is 17.4 Å². The van der Waals surface area contributed by atoms with Crippen molar-refractivity contribution in [3.8, 4) is 29.1 Å². The monoisotopic (exact) mass is 518 g/mol. The molecule has 198 valence electrons. The maximum Gasteiger partial charge on any atom is 0.289 e. The average molecular weight is 519 g/mol. The zero-order valence-electron chi connectivity index (χ0n) is 21.8. The molecule has 0 bridgehead atoms. The fraction of sp³-hybridized carbons (Fsp3) is 0.357. The minimum Gasteiger partial charge on any atom is -0.494 e. The molecule has 10 heteroatoms. The van der Waals surface area contributed by atoms with Gasteiger partial charge in [0.1, 0.15) is 29.6 Å². The third-order valence-corrected chi connectivity index (χ3v) is 6.51. The fourth-order valence-corrected chi connectivity index (χ4v) is 4.57. The van der Waals surface area contributed by atoms with Gasteiger partial charge in [-0.2, -0.15) is 10.2 Å². The van der Waals surface area contributed by atoms with Gasteiger partial charge in [-0.3, -0.25) is 14.2 Å². The highest BCUT2D eigenvalue weighted by atomic mass is 16.5. The lowest BCUT2D eigenvalue weighted by Gasteiger charge is -2.23. The summed E-state index contributed by atoms with van der Waals surface area (Å²) >= 11 is 0. The molecular formula is C28H30N4O6. The van der Waals surface area contributed by atoms with Crippen LogP contribution in [0.4, 0.5) is 0 Å². The largest absolute Gasteiger partial charge is 0.494 e. The highest BCUT2D eigenvalue weighted by molar-refractivity contribution is 5.96. The predicted molar refractivity (Wildman–Crippen MR) is 139 cm³/mol. The Morgan fingerprint density at radius 3 is 2.39 bits per heavy atom. The third kappa shape index (κ3) is 5.19. The summed E-state index contributed by atoms with van der Waals surface area (Å²) in [6.07, 6.45) is 0.507. The Morgan fingerprint density at radius 2 is 1.82 bits per heavy atom. The second kappa shape index (κ2) is 11.4.